The summed E-state index contributed by atoms with van der Waals surface area (Å²) in [6.07, 6.45) is 0. The molecule has 0 heterocycles. The second-order valence-electron chi connectivity index (χ2n) is 3.28. The molecular weight excluding hydrogens is 180 g/mol. The maximum atomic E-state index is 5.88. The summed E-state index contributed by atoms with van der Waals surface area (Å²) >= 11 is 5.88. The van der Waals surface area contributed by atoms with Crippen molar-refractivity contribution in [2.24, 2.45) is 0 Å². The molecule has 0 unspecified atom stereocenters. The van der Waals surface area contributed by atoms with E-state index in [0.717, 1.165) is 0 Å². The van der Waals surface area contributed by atoms with Crippen LogP contribution in [0.2, 0.25) is 0 Å². The van der Waals surface area contributed by atoms with E-state index in [4.69, 9.17) is 11.6 Å². The van der Waals surface area contributed by atoms with Crippen LogP contribution in [0.4, 0.5) is 0 Å². The Kier molecular flexibility index (Phi) is 2.24. The van der Waals surface area contributed by atoms with Gasteiger partial charge in [0.2, 0.25) is 0 Å². The number of hydrogen-bond acceptors (Lipinski definition) is 0. The van der Waals surface area contributed by atoms with Crippen LogP contribution in [0.5, 0.6) is 0 Å². The first kappa shape index (κ1) is 8.58. The molecule has 0 saturated carbocycles. The van der Waals surface area contributed by atoms with Crippen molar-refractivity contribution >= 4 is 22.4 Å². The largest absolute Gasteiger partial charge is 0.122 e. The first-order valence-corrected chi connectivity index (χ1v) is 4.89. The SMILES string of the molecule is Cc1cc(CCl)c2ccccc2c1. The average molecular weight is 191 g/mol. The van der Waals surface area contributed by atoms with Gasteiger partial charge < -0.3 is 0 Å². The number of benzene rings is 2. The lowest BCUT2D eigenvalue weighted by molar-refractivity contribution is 1.39. The van der Waals surface area contributed by atoms with Crippen molar-refractivity contribution in [3.05, 3.63) is 47.5 Å². The number of fused-ring (bicyclic) bond motifs is 1. The van der Waals surface area contributed by atoms with Crippen LogP contribution in [0.25, 0.3) is 10.8 Å². The van der Waals surface area contributed by atoms with Crippen LogP contribution in [0, 0.1) is 6.92 Å². The van der Waals surface area contributed by atoms with Crippen LogP contribution in [0.15, 0.2) is 36.4 Å². The quantitative estimate of drug-likeness (QED) is 0.599. The van der Waals surface area contributed by atoms with Crippen LogP contribution in [0.1, 0.15) is 11.1 Å². The first-order valence-electron chi connectivity index (χ1n) is 4.35. The van der Waals surface area contributed by atoms with Gasteiger partial charge in [-0.3, -0.25) is 0 Å². The molecule has 2 aromatic carbocycles. The van der Waals surface area contributed by atoms with E-state index in [2.05, 4.69) is 37.3 Å². The van der Waals surface area contributed by atoms with Crippen LogP contribution < -0.4 is 0 Å². The summed E-state index contributed by atoms with van der Waals surface area (Å²) in [5, 5.41) is 2.54. The molecule has 0 saturated heterocycles. The molecule has 2 rings (SSSR count). The Morgan fingerprint density at radius 2 is 1.92 bits per heavy atom. The summed E-state index contributed by atoms with van der Waals surface area (Å²) < 4.78 is 0. The molecule has 0 N–H and O–H groups in total. The highest BCUT2D eigenvalue weighted by atomic mass is 35.5. The molecule has 0 bridgehead atoms. The third-order valence-electron chi connectivity index (χ3n) is 2.24. The van der Waals surface area contributed by atoms with Crippen LogP contribution in [-0.4, -0.2) is 0 Å². The van der Waals surface area contributed by atoms with E-state index in [1.807, 2.05) is 6.07 Å². The zero-order valence-corrected chi connectivity index (χ0v) is 8.31. The lowest BCUT2D eigenvalue weighted by atomic mass is 10.0. The second-order valence-corrected chi connectivity index (χ2v) is 3.55. The van der Waals surface area contributed by atoms with Crippen molar-refractivity contribution < 1.29 is 0 Å². The molecule has 0 amide bonds. The van der Waals surface area contributed by atoms with E-state index in [-0.39, 0.29) is 0 Å². The first-order chi connectivity index (χ1) is 6.31. The van der Waals surface area contributed by atoms with Gasteiger partial charge in [0.1, 0.15) is 0 Å². The van der Waals surface area contributed by atoms with Gasteiger partial charge in [0.15, 0.2) is 0 Å². The summed E-state index contributed by atoms with van der Waals surface area (Å²) in [5.41, 5.74) is 2.49. The molecule has 0 spiro atoms. The molecule has 66 valence electrons. The van der Waals surface area contributed by atoms with E-state index in [1.165, 1.54) is 21.9 Å². The molecular formula is C12H11Cl. The van der Waals surface area contributed by atoms with Gasteiger partial charge in [-0.15, -0.1) is 11.6 Å². The van der Waals surface area contributed by atoms with Gasteiger partial charge in [0.25, 0.3) is 0 Å². The fourth-order valence-corrected chi connectivity index (χ4v) is 1.89. The van der Waals surface area contributed by atoms with Gasteiger partial charge in [0.05, 0.1) is 0 Å². The average Bonchev–Trinajstić information content (AvgIpc) is 2.16. The Morgan fingerprint density at radius 3 is 2.69 bits per heavy atom. The van der Waals surface area contributed by atoms with Crippen molar-refractivity contribution in [1.29, 1.82) is 0 Å². The highest BCUT2D eigenvalue weighted by Gasteiger charge is 1.99. The van der Waals surface area contributed by atoms with E-state index >= 15 is 0 Å². The molecule has 0 nitrogen and oxygen atoms in total. The fraction of sp³-hybridized carbons (Fsp3) is 0.167. The molecule has 1 heteroatoms. The zero-order valence-electron chi connectivity index (χ0n) is 7.55. The van der Waals surface area contributed by atoms with Crippen LogP contribution >= 0.6 is 11.6 Å². The number of rotatable bonds is 1. The maximum Gasteiger partial charge on any atom is 0.0480 e. The molecule has 0 atom stereocenters. The third-order valence-corrected chi connectivity index (χ3v) is 2.52. The molecule has 0 fully saturated rings. The molecule has 0 aliphatic carbocycles. The van der Waals surface area contributed by atoms with Crippen LogP contribution in [0.3, 0.4) is 0 Å². The monoisotopic (exact) mass is 190 g/mol. The Labute approximate surface area is 83.1 Å². The van der Waals surface area contributed by atoms with E-state index in [0.29, 0.717) is 5.88 Å². The van der Waals surface area contributed by atoms with Gasteiger partial charge in [-0.2, -0.15) is 0 Å². The van der Waals surface area contributed by atoms with Crippen molar-refractivity contribution in [1.82, 2.24) is 0 Å². The smallest absolute Gasteiger partial charge is 0.0480 e. The Bertz CT molecular complexity index is 432. The van der Waals surface area contributed by atoms with Crippen molar-refractivity contribution in [2.45, 2.75) is 12.8 Å². The molecule has 13 heavy (non-hydrogen) atoms. The van der Waals surface area contributed by atoms with Gasteiger partial charge >= 0.3 is 0 Å². The van der Waals surface area contributed by atoms with Gasteiger partial charge in [-0.1, -0.05) is 42.0 Å². The number of aryl methyl sites for hydroxylation is 1. The van der Waals surface area contributed by atoms with Crippen molar-refractivity contribution in [3.63, 3.8) is 0 Å². The predicted molar refractivity (Wildman–Crippen MR) is 58.2 cm³/mol. The van der Waals surface area contributed by atoms with Crippen molar-refractivity contribution in [3.8, 4) is 0 Å². The van der Waals surface area contributed by atoms with E-state index in [9.17, 15) is 0 Å². The fourth-order valence-electron chi connectivity index (χ4n) is 1.67. The topological polar surface area (TPSA) is 0 Å². The van der Waals surface area contributed by atoms with Gasteiger partial charge in [-0.25, -0.2) is 0 Å². The van der Waals surface area contributed by atoms with Gasteiger partial charge in [-0.05, 0) is 23.3 Å². The standard InChI is InChI=1S/C12H11Cl/c1-9-6-10-4-2-3-5-12(10)11(7-9)8-13/h2-7H,8H2,1H3. The molecule has 0 aliphatic rings. The minimum atomic E-state index is 0.586. The molecule has 0 aromatic heterocycles. The van der Waals surface area contributed by atoms with E-state index in [1.54, 1.807) is 0 Å². The Balaban J connectivity index is 2.81. The lowest BCUT2D eigenvalue weighted by Crippen LogP contribution is -1.83. The number of hydrogen-bond donors (Lipinski definition) is 0. The summed E-state index contributed by atoms with van der Waals surface area (Å²) in [6.45, 7) is 2.10. The van der Waals surface area contributed by atoms with Crippen LogP contribution in [-0.2, 0) is 5.88 Å². The predicted octanol–water partition coefficient (Wildman–Crippen LogP) is 3.89. The zero-order chi connectivity index (χ0) is 9.26. The maximum absolute atomic E-state index is 5.88. The number of alkyl halides is 1. The molecule has 0 radical (unpaired) electrons. The lowest BCUT2D eigenvalue weighted by Gasteiger charge is -2.04. The van der Waals surface area contributed by atoms with E-state index < -0.39 is 0 Å². The highest BCUT2D eigenvalue weighted by Crippen LogP contribution is 2.21. The third kappa shape index (κ3) is 1.54. The molecule has 2 aromatic rings. The minimum absolute atomic E-state index is 0.586. The minimum Gasteiger partial charge on any atom is -0.122 e. The highest BCUT2D eigenvalue weighted by molar-refractivity contribution is 6.18. The Morgan fingerprint density at radius 1 is 1.15 bits per heavy atom. The molecule has 0 aliphatic heterocycles. The normalized spacial score (nSPS) is 10.6. The summed E-state index contributed by atoms with van der Waals surface area (Å²) in [7, 11) is 0. The Hall–Kier alpha value is -1.01. The van der Waals surface area contributed by atoms with Gasteiger partial charge in [0, 0.05) is 5.88 Å². The summed E-state index contributed by atoms with van der Waals surface area (Å²) in [6, 6.07) is 12.7. The summed E-state index contributed by atoms with van der Waals surface area (Å²) in [5.74, 6) is 0.586. The second kappa shape index (κ2) is 3.39. The number of halogens is 1. The van der Waals surface area contributed by atoms with Crippen molar-refractivity contribution in [2.75, 3.05) is 0 Å². The summed E-state index contributed by atoms with van der Waals surface area (Å²) in [4.78, 5) is 0.